The molecule has 0 aliphatic carbocycles. The van der Waals surface area contributed by atoms with Crippen molar-refractivity contribution in [2.45, 2.75) is 69.1 Å². The summed E-state index contributed by atoms with van der Waals surface area (Å²) in [6, 6.07) is 187. The maximum absolute atomic E-state index is 2.78. The third-order valence-electron chi connectivity index (χ3n) is 29.7. The van der Waals surface area contributed by atoms with Gasteiger partial charge in [0.05, 0.1) is 67.7 Å². The van der Waals surface area contributed by atoms with Gasteiger partial charge in [0.25, 0.3) is 0 Å². The van der Waals surface area contributed by atoms with E-state index in [9.17, 15) is 0 Å². The molecule has 652 valence electrons. The van der Waals surface area contributed by atoms with Gasteiger partial charge in [-0.05, 0) is 223 Å². The van der Waals surface area contributed by atoms with Gasteiger partial charge in [0.15, 0.2) is 0 Å². The summed E-state index contributed by atoms with van der Waals surface area (Å²) in [6.45, 7) is 14.4. The zero-order valence-electron chi connectivity index (χ0n) is 77.6. The van der Waals surface area contributed by atoms with Gasteiger partial charge in [0.2, 0.25) is 0 Å². The van der Waals surface area contributed by atoms with Gasteiger partial charge in [0, 0.05) is 45.1 Å². The summed E-state index contributed by atoms with van der Waals surface area (Å²) in [5.41, 5.74) is 40.1. The molecule has 0 bridgehead atoms. The first-order chi connectivity index (χ1) is 67.2. The molecule has 1 unspecified atom stereocenters. The molecule has 0 saturated heterocycles. The average Bonchev–Trinajstić information content (AvgIpc) is 0.675. The highest BCUT2D eigenvalue weighted by molar-refractivity contribution is 6.12. The predicted molar refractivity (Wildman–Crippen MR) is 575 cm³/mol. The highest BCUT2D eigenvalue weighted by Crippen LogP contribution is 2.68. The van der Waals surface area contributed by atoms with Crippen LogP contribution in [0.15, 0.2) is 491 Å². The minimum absolute atomic E-state index is 0.291. The number of nitrogens with zero attached hydrogens (tertiary/aromatic N) is 4. The van der Waals surface area contributed by atoms with Crippen LogP contribution in [0.3, 0.4) is 0 Å². The minimum Gasteiger partial charge on any atom is -0.310 e. The van der Waals surface area contributed by atoms with Crippen molar-refractivity contribution in [1.82, 2.24) is 0 Å². The fourth-order valence-corrected chi connectivity index (χ4v) is 23.3. The largest absolute Gasteiger partial charge is 0.310 e. The van der Waals surface area contributed by atoms with E-state index in [1.807, 2.05) is 0 Å². The van der Waals surface area contributed by atoms with Crippen LogP contribution in [0.25, 0.3) is 88.3 Å². The van der Waals surface area contributed by atoms with Gasteiger partial charge in [-0.25, -0.2) is 0 Å². The molecule has 0 aromatic heterocycles. The van der Waals surface area contributed by atoms with Crippen molar-refractivity contribution in [1.29, 1.82) is 0 Å². The molecule has 0 saturated carbocycles. The smallest absolute Gasteiger partial charge is 0.0742 e. The predicted octanol–water partition coefficient (Wildman–Crippen LogP) is 35.7. The molecule has 4 aliphatic rings. The fourth-order valence-electron chi connectivity index (χ4n) is 23.3. The van der Waals surface area contributed by atoms with Gasteiger partial charge in [-0.1, -0.05) is 454 Å². The van der Waals surface area contributed by atoms with E-state index in [4.69, 9.17) is 0 Å². The van der Waals surface area contributed by atoms with Crippen LogP contribution in [0.1, 0.15) is 120 Å². The number of fused-ring (bicyclic) bond motifs is 11. The first-order valence-corrected chi connectivity index (χ1v) is 48.1. The average molecular weight is 1750 g/mol. The molecule has 25 rings (SSSR count). The number of benzene rings is 21. The molecule has 4 heterocycles. The van der Waals surface area contributed by atoms with Crippen LogP contribution in [-0.2, 0) is 21.7 Å². The number of rotatable bonds is 14. The molecule has 21 aromatic rings. The summed E-state index contributed by atoms with van der Waals surface area (Å²) >= 11 is 0. The second-order valence-corrected chi connectivity index (χ2v) is 39.3. The molecule has 4 nitrogen and oxygen atoms in total. The molecule has 1 atom stereocenters. The van der Waals surface area contributed by atoms with Gasteiger partial charge in [-0.15, -0.1) is 0 Å². The lowest BCUT2D eigenvalue weighted by molar-refractivity contribution is 0.589. The zero-order valence-corrected chi connectivity index (χ0v) is 77.6. The van der Waals surface area contributed by atoms with E-state index in [2.05, 4.69) is 553 Å². The standard InChI is InChI=1S/C133H100N4/c1-130(2,3)102-82-112(92-43-18-9-19-44-92)129(113(83-102)97-75-78-107-96(81-97)74-73-93-45-28-29-54-106(93)107)137-123-87-105(135-120-63-36-32-59-116(120)133(100-50-24-12-25-51-100,101-52-26-13-27-53-101)117-60-33-37-64-121(117)135)77-80-111(123)126-110-79-76-104(134-118-61-34-30-57-114(118)132(98-46-20-10-21-47-98,99-48-22-11-23-49-99)115-58-31-35-62-119(115)134)86-122(110)136(124-84-103(131(4,5)6)85-125(137)127(124)126)128-108(94-69-65-90(66-70-94)88-39-14-7-15-40-88)55-38-56-109(128)95-71-67-91(68-72-95)89-41-16-8-17-42-89/h7-87,126H,1-6H3. The third-order valence-corrected chi connectivity index (χ3v) is 29.7. The van der Waals surface area contributed by atoms with Crippen molar-refractivity contribution in [3.63, 3.8) is 0 Å². The Labute approximate surface area is 803 Å². The van der Waals surface area contributed by atoms with Crippen molar-refractivity contribution in [2.75, 3.05) is 19.6 Å². The topological polar surface area (TPSA) is 13.0 Å². The van der Waals surface area contributed by atoms with Crippen LogP contribution in [0, 0.1) is 0 Å². The monoisotopic (exact) mass is 1750 g/mol. The molecule has 137 heavy (non-hydrogen) atoms. The lowest BCUT2D eigenvalue weighted by Gasteiger charge is -2.49. The zero-order chi connectivity index (χ0) is 91.8. The Morgan fingerprint density at radius 3 is 0.912 bits per heavy atom. The van der Waals surface area contributed by atoms with Gasteiger partial charge in [-0.2, -0.15) is 0 Å². The van der Waals surface area contributed by atoms with Crippen molar-refractivity contribution in [3.8, 4) is 66.8 Å². The van der Waals surface area contributed by atoms with E-state index >= 15 is 0 Å². The van der Waals surface area contributed by atoms with Crippen LogP contribution in [0.2, 0.25) is 0 Å². The van der Waals surface area contributed by atoms with E-state index < -0.39 is 16.2 Å². The number of anilines is 12. The Morgan fingerprint density at radius 2 is 0.504 bits per heavy atom. The quantitative estimate of drug-likeness (QED) is 0.101. The highest BCUT2D eigenvalue weighted by Gasteiger charge is 2.51. The van der Waals surface area contributed by atoms with E-state index in [1.54, 1.807) is 0 Å². The van der Waals surface area contributed by atoms with Crippen molar-refractivity contribution in [2.24, 2.45) is 0 Å². The number of para-hydroxylation sites is 5. The second kappa shape index (κ2) is 32.6. The summed E-state index contributed by atoms with van der Waals surface area (Å²) in [5.74, 6) is -0.374. The molecule has 0 N–H and O–H groups in total. The first-order valence-electron chi connectivity index (χ1n) is 48.1. The SMILES string of the molecule is CC(C)(C)c1cc(-c2ccccc2)c(N2c3cc(N4c5ccccc5C(c5ccccc5)(c5ccccc5)c5ccccc54)ccc3C3c4ccc(N5c6ccccc6C(c6ccccc6)(c6ccccc6)c6ccccc65)cc4N(c4c(-c5ccc(-c6ccccc6)cc5)cccc4-c4ccc(-c5ccccc5)cc4)c4cc(C(C)(C)C)cc2c43)c(-c2ccc3c(ccc4ccccc43)c2)c1. The van der Waals surface area contributed by atoms with Crippen molar-refractivity contribution >= 4 is 89.8 Å². The minimum atomic E-state index is -0.705. The van der Waals surface area contributed by atoms with E-state index in [1.165, 1.54) is 105 Å². The van der Waals surface area contributed by atoms with Crippen LogP contribution >= 0.6 is 0 Å². The molecular formula is C133H100N4. The van der Waals surface area contributed by atoms with Crippen molar-refractivity contribution in [3.05, 3.63) is 564 Å². The molecular weight excluding hydrogens is 1650 g/mol. The Hall–Kier alpha value is -16.7. The molecule has 4 heteroatoms. The second-order valence-electron chi connectivity index (χ2n) is 39.3. The summed E-state index contributed by atoms with van der Waals surface area (Å²) < 4.78 is 0. The molecule has 4 aliphatic heterocycles. The third kappa shape index (κ3) is 13.2. The van der Waals surface area contributed by atoms with Crippen LogP contribution < -0.4 is 19.6 Å². The molecule has 21 aromatic carbocycles. The summed E-state index contributed by atoms with van der Waals surface area (Å²) in [7, 11) is 0. The van der Waals surface area contributed by atoms with Gasteiger partial charge < -0.3 is 19.6 Å². The van der Waals surface area contributed by atoms with E-state index in [-0.39, 0.29) is 11.3 Å². The van der Waals surface area contributed by atoms with Gasteiger partial charge >= 0.3 is 0 Å². The lowest BCUT2D eigenvalue weighted by Crippen LogP contribution is -2.38. The Morgan fingerprint density at radius 1 is 0.197 bits per heavy atom. The number of hydrogen-bond donors (Lipinski definition) is 0. The highest BCUT2D eigenvalue weighted by atomic mass is 15.2. The van der Waals surface area contributed by atoms with E-state index in [0.717, 1.165) is 124 Å². The first kappa shape index (κ1) is 82.3. The van der Waals surface area contributed by atoms with E-state index in [0.29, 0.717) is 0 Å². The van der Waals surface area contributed by atoms with Crippen LogP contribution in [0.4, 0.5) is 68.2 Å². The Balaban J connectivity index is 0.824. The molecule has 0 amide bonds. The summed E-state index contributed by atoms with van der Waals surface area (Å²) in [4.78, 5) is 10.7. The number of hydrogen-bond acceptors (Lipinski definition) is 4. The van der Waals surface area contributed by atoms with Gasteiger partial charge in [0.1, 0.15) is 0 Å². The normalized spacial score (nSPS) is 14.2. The molecule has 0 radical (unpaired) electrons. The maximum atomic E-state index is 2.78. The Kier molecular flexibility index (Phi) is 19.6. The fraction of sp³-hybridized carbons (Fsp3) is 0.0827. The lowest BCUT2D eigenvalue weighted by atomic mass is 9.62. The molecule has 0 spiro atoms. The summed E-state index contributed by atoms with van der Waals surface area (Å²) in [6.07, 6.45) is 0. The Bertz CT molecular complexity index is 7990. The van der Waals surface area contributed by atoms with Crippen LogP contribution in [0.5, 0.6) is 0 Å². The summed E-state index contributed by atoms with van der Waals surface area (Å²) in [5, 5.41) is 4.86. The van der Waals surface area contributed by atoms with Gasteiger partial charge in [-0.3, -0.25) is 0 Å². The maximum Gasteiger partial charge on any atom is 0.0742 e. The van der Waals surface area contributed by atoms with Crippen molar-refractivity contribution < 1.29 is 0 Å². The molecule has 0 fully saturated rings. The van der Waals surface area contributed by atoms with Crippen LogP contribution in [-0.4, -0.2) is 0 Å².